The van der Waals surface area contributed by atoms with Crippen molar-refractivity contribution in [3.05, 3.63) is 35.1 Å². The molecule has 2 heteroatoms. The van der Waals surface area contributed by atoms with Gasteiger partial charge in [-0.25, -0.2) is 0 Å². The predicted octanol–water partition coefficient (Wildman–Crippen LogP) is 3.32. The zero-order chi connectivity index (χ0) is 11.0. The maximum atomic E-state index is 5.77. The average Bonchev–Trinajstić information content (AvgIpc) is 2.62. The molecule has 0 aliphatic rings. The average molecular weight is 203 g/mol. The van der Waals surface area contributed by atoms with Crippen molar-refractivity contribution in [2.75, 3.05) is 0 Å². The Bertz CT molecular complexity index is 482. The summed E-state index contributed by atoms with van der Waals surface area (Å²) in [6, 6.07) is 6.34. The summed E-state index contributed by atoms with van der Waals surface area (Å²) >= 11 is 0. The summed E-state index contributed by atoms with van der Waals surface area (Å²) in [5.74, 6) is 1.34. The van der Waals surface area contributed by atoms with Crippen LogP contribution in [0.1, 0.15) is 36.7 Å². The summed E-state index contributed by atoms with van der Waals surface area (Å²) in [6.45, 7) is 6.91. The molecular weight excluding hydrogens is 186 g/mol. The summed E-state index contributed by atoms with van der Waals surface area (Å²) in [5, 5.41) is 1.20. The Morgan fingerprint density at radius 2 is 2.07 bits per heavy atom. The Morgan fingerprint density at radius 3 is 2.67 bits per heavy atom. The summed E-state index contributed by atoms with van der Waals surface area (Å²) in [7, 11) is 0. The molecular formula is C13H17NO. The molecule has 0 amide bonds. The minimum Gasteiger partial charge on any atom is -0.459 e. The SMILES string of the molecule is Cc1ccc(C(C)C)c2oc(CN)cc12. The van der Waals surface area contributed by atoms with Crippen LogP contribution in [0.5, 0.6) is 0 Å². The third-order valence-electron chi connectivity index (χ3n) is 2.81. The normalized spacial score (nSPS) is 11.5. The molecule has 0 aliphatic carbocycles. The lowest BCUT2D eigenvalue weighted by atomic mass is 9.99. The van der Waals surface area contributed by atoms with Gasteiger partial charge in [0.1, 0.15) is 11.3 Å². The molecule has 80 valence electrons. The molecule has 0 saturated heterocycles. The molecule has 1 aromatic heterocycles. The van der Waals surface area contributed by atoms with Gasteiger partial charge >= 0.3 is 0 Å². The van der Waals surface area contributed by atoms with Crippen LogP contribution in [0.3, 0.4) is 0 Å². The van der Waals surface area contributed by atoms with Gasteiger partial charge in [0.2, 0.25) is 0 Å². The van der Waals surface area contributed by atoms with Crippen molar-refractivity contribution < 1.29 is 4.42 Å². The molecule has 0 unspecified atom stereocenters. The van der Waals surface area contributed by atoms with Gasteiger partial charge in [-0.1, -0.05) is 26.0 Å². The van der Waals surface area contributed by atoms with Crippen molar-refractivity contribution in [3.8, 4) is 0 Å². The minimum absolute atomic E-state index is 0.464. The zero-order valence-electron chi connectivity index (χ0n) is 9.50. The molecule has 0 radical (unpaired) electrons. The second-order valence-electron chi connectivity index (χ2n) is 4.29. The number of hydrogen-bond acceptors (Lipinski definition) is 2. The monoisotopic (exact) mass is 203 g/mol. The number of benzene rings is 1. The van der Waals surface area contributed by atoms with Crippen LogP contribution < -0.4 is 5.73 Å². The van der Waals surface area contributed by atoms with Gasteiger partial charge in [-0.2, -0.15) is 0 Å². The van der Waals surface area contributed by atoms with E-state index in [1.54, 1.807) is 0 Å². The molecule has 0 spiro atoms. The van der Waals surface area contributed by atoms with Gasteiger partial charge in [0.25, 0.3) is 0 Å². The van der Waals surface area contributed by atoms with Gasteiger partial charge in [-0.15, -0.1) is 0 Å². The molecule has 0 fully saturated rings. The highest BCUT2D eigenvalue weighted by Crippen LogP contribution is 2.30. The quantitative estimate of drug-likeness (QED) is 0.813. The molecule has 2 N–H and O–H groups in total. The number of furan rings is 1. The van der Waals surface area contributed by atoms with E-state index in [4.69, 9.17) is 10.2 Å². The standard InChI is InChI=1S/C13H17NO/c1-8(2)11-5-4-9(3)12-6-10(7-14)15-13(11)12/h4-6,8H,7,14H2,1-3H3. The number of nitrogens with two attached hydrogens (primary N) is 1. The van der Waals surface area contributed by atoms with E-state index in [0.717, 1.165) is 11.3 Å². The Kier molecular flexibility index (Phi) is 2.53. The first kappa shape index (κ1) is 10.2. The van der Waals surface area contributed by atoms with Gasteiger partial charge in [-0.3, -0.25) is 0 Å². The topological polar surface area (TPSA) is 39.2 Å². The van der Waals surface area contributed by atoms with Crippen molar-refractivity contribution in [1.29, 1.82) is 0 Å². The van der Waals surface area contributed by atoms with E-state index < -0.39 is 0 Å². The van der Waals surface area contributed by atoms with E-state index in [1.807, 2.05) is 0 Å². The Hall–Kier alpha value is -1.28. The maximum absolute atomic E-state index is 5.77. The van der Waals surface area contributed by atoms with Crippen LogP contribution in [0, 0.1) is 6.92 Å². The van der Waals surface area contributed by atoms with Crippen molar-refractivity contribution in [3.63, 3.8) is 0 Å². The first-order valence-corrected chi connectivity index (χ1v) is 5.35. The molecule has 0 saturated carbocycles. The second kappa shape index (κ2) is 3.70. The largest absolute Gasteiger partial charge is 0.459 e. The Balaban J connectivity index is 2.74. The highest BCUT2D eigenvalue weighted by molar-refractivity contribution is 5.84. The predicted molar refractivity (Wildman–Crippen MR) is 62.9 cm³/mol. The summed E-state index contributed by atoms with van der Waals surface area (Å²) in [5.41, 5.74) is 9.11. The van der Waals surface area contributed by atoms with E-state index in [2.05, 4.69) is 39.0 Å². The molecule has 0 atom stereocenters. The van der Waals surface area contributed by atoms with Crippen molar-refractivity contribution in [1.82, 2.24) is 0 Å². The summed E-state index contributed by atoms with van der Waals surface area (Å²) in [4.78, 5) is 0. The first-order valence-electron chi connectivity index (χ1n) is 5.35. The number of hydrogen-bond donors (Lipinski definition) is 1. The van der Waals surface area contributed by atoms with Gasteiger partial charge < -0.3 is 10.2 Å². The van der Waals surface area contributed by atoms with Gasteiger partial charge in [0.15, 0.2) is 0 Å². The lowest BCUT2D eigenvalue weighted by Crippen LogP contribution is -1.92. The van der Waals surface area contributed by atoms with Crippen LogP contribution in [-0.4, -0.2) is 0 Å². The Labute approximate surface area is 90.1 Å². The fourth-order valence-electron chi connectivity index (χ4n) is 1.88. The van der Waals surface area contributed by atoms with Crippen LogP contribution in [0.4, 0.5) is 0 Å². The van der Waals surface area contributed by atoms with E-state index in [-0.39, 0.29) is 0 Å². The third kappa shape index (κ3) is 1.65. The van der Waals surface area contributed by atoms with Crippen LogP contribution in [0.2, 0.25) is 0 Å². The molecule has 0 bridgehead atoms. The van der Waals surface area contributed by atoms with Crippen LogP contribution >= 0.6 is 0 Å². The lowest BCUT2D eigenvalue weighted by molar-refractivity contribution is 0.547. The molecule has 0 aliphatic heterocycles. The van der Waals surface area contributed by atoms with Gasteiger partial charge in [0, 0.05) is 5.39 Å². The third-order valence-corrected chi connectivity index (χ3v) is 2.81. The lowest BCUT2D eigenvalue weighted by Gasteiger charge is -2.06. The molecule has 1 heterocycles. The zero-order valence-corrected chi connectivity index (χ0v) is 9.50. The van der Waals surface area contributed by atoms with Crippen LogP contribution in [0.25, 0.3) is 11.0 Å². The highest BCUT2D eigenvalue weighted by atomic mass is 16.3. The molecule has 2 rings (SSSR count). The van der Waals surface area contributed by atoms with Crippen LogP contribution in [-0.2, 0) is 6.54 Å². The first-order chi connectivity index (χ1) is 7.13. The van der Waals surface area contributed by atoms with Crippen molar-refractivity contribution >= 4 is 11.0 Å². The van der Waals surface area contributed by atoms with Gasteiger partial charge in [0.05, 0.1) is 6.54 Å². The second-order valence-corrected chi connectivity index (χ2v) is 4.29. The fourth-order valence-corrected chi connectivity index (χ4v) is 1.88. The van der Waals surface area contributed by atoms with Crippen molar-refractivity contribution in [2.24, 2.45) is 5.73 Å². The maximum Gasteiger partial charge on any atom is 0.138 e. The van der Waals surface area contributed by atoms with Gasteiger partial charge in [-0.05, 0) is 30.0 Å². The fraction of sp³-hybridized carbons (Fsp3) is 0.385. The van der Waals surface area contributed by atoms with E-state index >= 15 is 0 Å². The van der Waals surface area contributed by atoms with Crippen molar-refractivity contribution in [2.45, 2.75) is 33.2 Å². The number of fused-ring (bicyclic) bond motifs is 1. The number of rotatable bonds is 2. The number of aryl methyl sites for hydroxylation is 1. The minimum atomic E-state index is 0.464. The van der Waals surface area contributed by atoms with E-state index in [1.165, 1.54) is 16.5 Å². The molecule has 1 aromatic carbocycles. The summed E-state index contributed by atoms with van der Waals surface area (Å²) < 4.78 is 5.77. The van der Waals surface area contributed by atoms with Crippen LogP contribution in [0.15, 0.2) is 22.6 Å². The molecule has 2 nitrogen and oxygen atoms in total. The summed E-state index contributed by atoms with van der Waals surface area (Å²) in [6.07, 6.45) is 0. The van der Waals surface area contributed by atoms with E-state index in [0.29, 0.717) is 12.5 Å². The van der Waals surface area contributed by atoms with E-state index in [9.17, 15) is 0 Å². The highest BCUT2D eigenvalue weighted by Gasteiger charge is 2.11. The smallest absolute Gasteiger partial charge is 0.138 e. The molecule has 2 aromatic rings. The Morgan fingerprint density at radius 1 is 1.33 bits per heavy atom. The molecule has 15 heavy (non-hydrogen) atoms.